The standard InChI is InChI=1S/C26H23F6NO2/c1-2-22(23(33)34)25(15-16-6-4-3-5-7-16,17-8-10-19(27)11-9-17)18-12-20(28)14-21(13-18)35-26(31,32)24(29)30/h3-14,22,24H,2,15H2,1H3,(H2,33,34)/t22?,25-/m1/s1. The summed E-state index contributed by atoms with van der Waals surface area (Å²) in [6.07, 6.45) is -8.85. The van der Waals surface area contributed by atoms with Crippen LogP contribution in [-0.4, -0.2) is 18.4 Å². The van der Waals surface area contributed by atoms with Crippen LogP contribution < -0.4 is 10.5 Å². The maximum Gasteiger partial charge on any atom is 0.461 e. The number of primary amides is 1. The number of carbonyl (C=O) groups is 1. The molecule has 0 spiro atoms. The molecule has 1 unspecified atom stereocenters. The van der Waals surface area contributed by atoms with Gasteiger partial charge in [-0.2, -0.15) is 17.6 Å². The van der Waals surface area contributed by atoms with Crippen molar-refractivity contribution in [1.82, 2.24) is 0 Å². The number of rotatable bonds is 10. The molecular weight excluding hydrogens is 472 g/mol. The Balaban J connectivity index is 2.33. The van der Waals surface area contributed by atoms with E-state index in [0.29, 0.717) is 17.2 Å². The molecule has 0 aliphatic heterocycles. The molecular formula is C26H23F6NO2. The largest absolute Gasteiger partial charge is 0.461 e. The molecule has 0 aromatic heterocycles. The van der Waals surface area contributed by atoms with Crippen LogP contribution in [0.5, 0.6) is 5.75 Å². The van der Waals surface area contributed by atoms with Gasteiger partial charge in [0.05, 0.1) is 5.92 Å². The molecule has 0 bridgehead atoms. The van der Waals surface area contributed by atoms with Crippen LogP contribution in [-0.2, 0) is 16.6 Å². The van der Waals surface area contributed by atoms with Gasteiger partial charge < -0.3 is 10.5 Å². The van der Waals surface area contributed by atoms with Crippen molar-refractivity contribution in [2.24, 2.45) is 11.7 Å². The number of ether oxygens (including phenoxy) is 1. The number of halogens is 6. The van der Waals surface area contributed by atoms with Crippen LogP contribution in [0.15, 0.2) is 72.8 Å². The predicted octanol–water partition coefficient (Wildman–Crippen LogP) is 6.24. The smallest absolute Gasteiger partial charge is 0.428 e. The van der Waals surface area contributed by atoms with Crippen LogP contribution in [0.4, 0.5) is 26.3 Å². The number of hydrogen-bond donors (Lipinski definition) is 1. The van der Waals surface area contributed by atoms with Crippen LogP contribution in [0.3, 0.4) is 0 Å². The first-order valence-electron chi connectivity index (χ1n) is 10.7. The topological polar surface area (TPSA) is 52.3 Å². The zero-order valence-electron chi connectivity index (χ0n) is 18.7. The summed E-state index contributed by atoms with van der Waals surface area (Å²) >= 11 is 0. The Hall–Kier alpha value is -3.49. The van der Waals surface area contributed by atoms with Crippen molar-refractivity contribution in [3.8, 4) is 5.75 Å². The third-order valence-electron chi connectivity index (χ3n) is 5.93. The highest BCUT2D eigenvalue weighted by atomic mass is 19.3. The van der Waals surface area contributed by atoms with Gasteiger partial charge in [-0.3, -0.25) is 4.79 Å². The van der Waals surface area contributed by atoms with E-state index in [9.17, 15) is 31.1 Å². The third-order valence-corrected chi connectivity index (χ3v) is 5.93. The second kappa shape index (κ2) is 10.4. The fourth-order valence-electron chi connectivity index (χ4n) is 4.43. The molecule has 9 heteroatoms. The summed E-state index contributed by atoms with van der Waals surface area (Å²) in [6, 6.07) is 16.3. The van der Waals surface area contributed by atoms with Crippen molar-refractivity contribution in [3.05, 3.63) is 101 Å². The molecule has 3 aromatic carbocycles. The molecule has 0 radical (unpaired) electrons. The van der Waals surface area contributed by atoms with Gasteiger partial charge in [0.2, 0.25) is 5.91 Å². The SMILES string of the molecule is CCC(C(N)=O)[C@](Cc1ccccc1)(c1ccc(F)cc1)c1cc(F)cc(OC(F)(F)C(F)F)c1. The maximum absolute atomic E-state index is 14.7. The minimum absolute atomic E-state index is 0.0151. The normalized spacial score (nSPS) is 14.4. The number of benzene rings is 3. The Morgan fingerprint density at radius 3 is 2.09 bits per heavy atom. The molecule has 2 atom stereocenters. The van der Waals surface area contributed by atoms with E-state index < -0.39 is 47.2 Å². The second-order valence-electron chi connectivity index (χ2n) is 8.14. The van der Waals surface area contributed by atoms with Gasteiger partial charge in [0.15, 0.2) is 0 Å². The molecule has 0 fully saturated rings. The van der Waals surface area contributed by atoms with E-state index in [1.165, 1.54) is 12.1 Å². The number of alkyl halides is 4. The molecule has 1 amide bonds. The molecule has 2 N–H and O–H groups in total. The first-order valence-corrected chi connectivity index (χ1v) is 10.7. The van der Waals surface area contributed by atoms with Gasteiger partial charge >= 0.3 is 12.5 Å². The van der Waals surface area contributed by atoms with E-state index in [1.54, 1.807) is 37.3 Å². The monoisotopic (exact) mass is 495 g/mol. The van der Waals surface area contributed by atoms with Crippen LogP contribution in [0.25, 0.3) is 0 Å². The summed E-state index contributed by atoms with van der Waals surface area (Å²) in [4.78, 5) is 12.7. The van der Waals surface area contributed by atoms with Gasteiger partial charge in [0, 0.05) is 11.5 Å². The van der Waals surface area contributed by atoms with E-state index in [1.807, 2.05) is 0 Å². The predicted molar refractivity (Wildman–Crippen MR) is 118 cm³/mol. The Labute approximate surface area is 198 Å². The second-order valence-corrected chi connectivity index (χ2v) is 8.14. The average molecular weight is 495 g/mol. The summed E-state index contributed by atoms with van der Waals surface area (Å²) in [5.41, 5.74) is 5.29. The lowest BCUT2D eigenvalue weighted by Crippen LogP contribution is -2.45. The van der Waals surface area contributed by atoms with Gasteiger partial charge in [-0.25, -0.2) is 8.78 Å². The molecule has 0 aliphatic rings. The van der Waals surface area contributed by atoms with Crippen LogP contribution in [0.2, 0.25) is 0 Å². The Bertz CT molecular complexity index is 1150. The van der Waals surface area contributed by atoms with Gasteiger partial charge in [-0.1, -0.05) is 49.4 Å². The highest BCUT2D eigenvalue weighted by Gasteiger charge is 2.47. The van der Waals surface area contributed by atoms with E-state index >= 15 is 0 Å². The van der Waals surface area contributed by atoms with Crippen LogP contribution in [0, 0.1) is 17.6 Å². The van der Waals surface area contributed by atoms with Crippen molar-refractivity contribution in [1.29, 1.82) is 0 Å². The maximum atomic E-state index is 14.7. The molecule has 0 aliphatic carbocycles. The van der Waals surface area contributed by atoms with Crippen molar-refractivity contribution in [3.63, 3.8) is 0 Å². The molecule has 0 saturated carbocycles. The molecule has 3 aromatic rings. The molecule has 0 heterocycles. The lowest BCUT2D eigenvalue weighted by molar-refractivity contribution is -0.253. The van der Waals surface area contributed by atoms with E-state index in [0.717, 1.165) is 24.3 Å². The number of amides is 1. The summed E-state index contributed by atoms with van der Waals surface area (Å²) < 4.78 is 85.5. The summed E-state index contributed by atoms with van der Waals surface area (Å²) in [6.45, 7) is 1.67. The first kappa shape index (κ1) is 26.1. The minimum atomic E-state index is -4.88. The van der Waals surface area contributed by atoms with Crippen molar-refractivity contribution < 1.29 is 35.9 Å². The Kier molecular flexibility index (Phi) is 7.77. The third kappa shape index (κ3) is 5.61. The summed E-state index contributed by atoms with van der Waals surface area (Å²) in [5.74, 6) is -4.27. The summed E-state index contributed by atoms with van der Waals surface area (Å²) in [5, 5.41) is 0. The molecule has 35 heavy (non-hydrogen) atoms. The highest BCUT2D eigenvalue weighted by molar-refractivity contribution is 5.80. The van der Waals surface area contributed by atoms with Crippen molar-refractivity contribution in [2.45, 2.75) is 37.7 Å². The fraction of sp³-hybridized carbons (Fsp3) is 0.269. The lowest BCUT2D eigenvalue weighted by atomic mass is 9.61. The van der Waals surface area contributed by atoms with Gasteiger partial charge in [-0.15, -0.1) is 0 Å². The summed E-state index contributed by atoms with van der Waals surface area (Å²) in [7, 11) is 0. The molecule has 0 saturated heterocycles. The Morgan fingerprint density at radius 1 is 0.914 bits per heavy atom. The zero-order chi connectivity index (χ0) is 25.8. The van der Waals surface area contributed by atoms with E-state index in [4.69, 9.17) is 5.73 Å². The molecule has 3 nitrogen and oxygen atoms in total. The highest BCUT2D eigenvalue weighted by Crippen LogP contribution is 2.45. The first-order chi connectivity index (χ1) is 16.5. The van der Waals surface area contributed by atoms with E-state index in [-0.39, 0.29) is 18.4 Å². The molecule has 3 rings (SSSR count). The number of carbonyl (C=O) groups excluding carboxylic acids is 1. The molecule has 186 valence electrons. The van der Waals surface area contributed by atoms with Gasteiger partial charge in [-0.05, 0) is 53.8 Å². The fourth-order valence-corrected chi connectivity index (χ4v) is 4.43. The number of hydrogen-bond acceptors (Lipinski definition) is 2. The van der Waals surface area contributed by atoms with Crippen LogP contribution in [0.1, 0.15) is 30.0 Å². The Morgan fingerprint density at radius 2 is 1.54 bits per heavy atom. The van der Waals surface area contributed by atoms with Gasteiger partial charge in [0.1, 0.15) is 17.4 Å². The lowest BCUT2D eigenvalue weighted by Gasteiger charge is -2.41. The average Bonchev–Trinajstić information content (AvgIpc) is 2.79. The quantitative estimate of drug-likeness (QED) is 0.339. The number of nitrogens with two attached hydrogens (primary N) is 1. The van der Waals surface area contributed by atoms with Crippen molar-refractivity contribution in [2.75, 3.05) is 0 Å². The van der Waals surface area contributed by atoms with E-state index in [2.05, 4.69) is 4.74 Å². The van der Waals surface area contributed by atoms with Crippen molar-refractivity contribution >= 4 is 5.91 Å². The van der Waals surface area contributed by atoms with Gasteiger partial charge in [0.25, 0.3) is 0 Å². The minimum Gasteiger partial charge on any atom is -0.428 e. The zero-order valence-corrected chi connectivity index (χ0v) is 18.7. The van der Waals surface area contributed by atoms with Crippen LogP contribution >= 0.6 is 0 Å².